The van der Waals surface area contributed by atoms with Gasteiger partial charge in [-0.15, -0.1) is 11.3 Å². The molecule has 0 N–H and O–H groups in total. The Labute approximate surface area is 161 Å². The minimum atomic E-state index is 0.0164. The molecule has 7 nitrogen and oxygen atoms in total. The van der Waals surface area contributed by atoms with Crippen molar-refractivity contribution in [3.63, 3.8) is 0 Å². The van der Waals surface area contributed by atoms with Crippen LogP contribution in [0.4, 0.5) is 5.95 Å². The van der Waals surface area contributed by atoms with Gasteiger partial charge in [-0.1, -0.05) is 6.07 Å². The molecule has 0 unspecified atom stereocenters. The number of hydrogen-bond donors (Lipinski definition) is 0. The summed E-state index contributed by atoms with van der Waals surface area (Å²) in [5.41, 5.74) is 3.30. The molecule has 0 radical (unpaired) electrons. The molecule has 0 bridgehead atoms. The zero-order valence-corrected chi connectivity index (χ0v) is 15.5. The number of rotatable bonds is 5. The van der Waals surface area contributed by atoms with Gasteiger partial charge in [0.05, 0.1) is 11.2 Å². The molecule has 0 aliphatic carbocycles. The third kappa shape index (κ3) is 4.22. The van der Waals surface area contributed by atoms with Gasteiger partial charge in [0.1, 0.15) is 12.4 Å². The van der Waals surface area contributed by atoms with Gasteiger partial charge in [0.15, 0.2) is 0 Å². The van der Waals surface area contributed by atoms with Crippen LogP contribution in [0.2, 0.25) is 0 Å². The van der Waals surface area contributed by atoms with E-state index in [2.05, 4.69) is 19.9 Å². The number of hydrogen-bond acceptors (Lipinski definition) is 7. The molecule has 1 amide bonds. The van der Waals surface area contributed by atoms with E-state index in [-0.39, 0.29) is 5.91 Å². The molecule has 3 aromatic rings. The summed E-state index contributed by atoms with van der Waals surface area (Å²) in [6.45, 7) is 3.12. The van der Waals surface area contributed by atoms with Crippen molar-refractivity contribution in [3.8, 4) is 5.75 Å². The molecule has 0 spiro atoms. The maximum atomic E-state index is 12.8. The van der Waals surface area contributed by atoms with Crippen LogP contribution in [0.15, 0.2) is 53.6 Å². The summed E-state index contributed by atoms with van der Waals surface area (Å²) in [6.07, 6.45) is 3.47. The summed E-state index contributed by atoms with van der Waals surface area (Å²) in [7, 11) is 0. The number of benzene rings is 1. The van der Waals surface area contributed by atoms with Crippen molar-refractivity contribution < 1.29 is 9.53 Å². The van der Waals surface area contributed by atoms with E-state index in [0.29, 0.717) is 37.0 Å². The number of carbonyl (C=O) groups is 1. The van der Waals surface area contributed by atoms with Gasteiger partial charge < -0.3 is 14.5 Å². The molecular weight excluding hydrogens is 362 g/mol. The predicted molar refractivity (Wildman–Crippen MR) is 103 cm³/mol. The number of thiazole rings is 1. The molecule has 1 aliphatic rings. The first kappa shape index (κ1) is 17.4. The first-order valence-electron chi connectivity index (χ1n) is 8.71. The fourth-order valence-electron chi connectivity index (χ4n) is 2.93. The highest BCUT2D eigenvalue weighted by Crippen LogP contribution is 2.18. The SMILES string of the molecule is O=C(c1cccc(OCc2cscn2)c1)N1CCN(c2ncccn2)CC1. The maximum absolute atomic E-state index is 12.8. The van der Waals surface area contributed by atoms with Gasteiger partial charge in [-0.3, -0.25) is 4.79 Å². The van der Waals surface area contributed by atoms with Crippen LogP contribution in [-0.2, 0) is 6.61 Å². The molecule has 1 aliphatic heterocycles. The second-order valence-electron chi connectivity index (χ2n) is 6.12. The zero-order chi connectivity index (χ0) is 18.5. The molecule has 2 aromatic heterocycles. The third-order valence-electron chi connectivity index (χ3n) is 4.35. The summed E-state index contributed by atoms with van der Waals surface area (Å²) in [6, 6.07) is 9.12. The van der Waals surface area contributed by atoms with Crippen LogP contribution in [0.3, 0.4) is 0 Å². The smallest absolute Gasteiger partial charge is 0.254 e. The largest absolute Gasteiger partial charge is 0.487 e. The van der Waals surface area contributed by atoms with Gasteiger partial charge in [-0.05, 0) is 24.3 Å². The highest BCUT2D eigenvalue weighted by molar-refractivity contribution is 7.07. The maximum Gasteiger partial charge on any atom is 0.254 e. The quantitative estimate of drug-likeness (QED) is 0.676. The van der Waals surface area contributed by atoms with Crippen molar-refractivity contribution in [1.29, 1.82) is 0 Å². The normalized spacial score (nSPS) is 14.2. The van der Waals surface area contributed by atoms with Crippen LogP contribution < -0.4 is 9.64 Å². The topological polar surface area (TPSA) is 71.5 Å². The average Bonchev–Trinajstić information content (AvgIpc) is 3.26. The number of ether oxygens (including phenoxy) is 1. The van der Waals surface area contributed by atoms with Crippen LogP contribution in [0.5, 0.6) is 5.75 Å². The van der Waals surface area contributed by atoms with E-state index in [4.69, 9.17) is 4.74 Å². The van der Waals surface area contributed by atoms with E-state index in [1.54, 1.807) is 30.0 Å². The van der Waals surface area contributed by atoms with E-state index in [0.717, 1.165) is 18.8 Å². The van der Waals surface area contributed by atoms with Gasteiger partial charge in [-0.2, -0.15) is 0 Å². The lowest BCUT2D eigenvalue weighted by Gasteiger charge is -2.34. The minimum Gasteiger partial charge on any atom is -0.487 e. The molecule has 0 saturated carbocycles. The first-order valence-corrected chi connectivity index (χ1v) is 9.65. The average molecular weight is 381 g/mol. The number of amides is 1. The molecule has 1 fully saturated rings. The Morgan fingerprint density at radius 1 is 1.07 bits per heavy atom. The van der Waals surface area contributed by atoms with Gasteiger partial charge >= 0.3 is 0 Å². The number of anilines is 1. The molecule has 0 atom stereocenters. The van der Waals surface area contributed by atoms with Crippen molar-refractivity contribution in [2.45, 2.75) is 6.61 Å². The highest BCUT2D eigenvalue weighted by atomic mass is 32.1. The lowest BCUT2D eigenvalue weighted by Crippen LogP contribution is -2.49. The Morgan fingerprint density at radius 2 is 1.89 bits per heavy atom. The molecule has 1 saturated heterocycles. The van der Waals surface area contributed by atoms with Crippen LogP contribution >= 0.6 is 11.3 Å². The van der Waals surface area contributed by atoms with Crippen molar-refractivity contribution in [3.05, 3.63) is 64.9 Å². The fraction of sp³-hybridized carbons (Fsp3) is 0.263. The van der Waals surface area contributed by atoms with E-state index >= 15 is 0 Å². The Morgan fingerprint density at radius 3 is 2.63 bits per heavy atom. The van der Waals surface area contributed by atoms with Gasteiger partial charge in [0, 0.05) is 49.5 Å². The molecule has 138 valence electrons. The molecule has 1 aromatic carbocycles. The van der Waals surface area contributed by atoms with E-state index < -0.39 is 0 Å². The van der Waals surface area contributed by atoms with Crippen LogP contribution in [-0.4, -0.2) is 51.9 Å². The van der Waals surface area contributed by atoms with Gasteiger partial charge in [-0.25, -0.2) is 15.0 Å². The van der Waals surface area contributed by atoms with Crippen molar-refractivity contribution in [2.75, 3.05) is 31.1 Å². The number of aromatic nitrogens is 3. The molecular formula is C19H19N5O2S. The minimum absolute atomic E-state index is 0.0164. The monoisotopic (exact) mass is 381 g/mol. The molecule has 8 heteroatoms. The van der Waals surface area contributed by atoms with Gasteiger partial charge in [0.2, 0.25) is 5.95 Å². The lowest BCUT2D eigenvalue weighted by molar-refractivity contribution is 0.0745. The van der Waals surface area contributed by atoms with Crippen molar-refractivity contribution in [1.82, 2.24) is 19.9 Å². The number of nitrogens with zero attached hydrogens (tertiary/aromatic N) is 5. The Hall–Kier alpha value is -3.00. The summed E-state index contributed by atoms with van der Waals surface area (Å²) in [5, 5.41) is 1.95. The summed E-state index contributed by atoms with van der Waals surface area (Å²) < 4.78 is 5.75. The van der Waals surface area contributed by atoms with E-state index in [9.17, 15) is 4.79 Å². The number of carbonyl (C=O) groups excluding carboxylic acids is 1. The Bertz CT molecular complexity index is 880. The Kier molecular flexibility index (Phi) is 5.24. The van der Waals surface area contributed by atoms with Crippen molar-refractivity contribution >= 4 is 23.2 Å². The third-order valence-corrected chi connectivity index (χ3v) is 4.99. The summed E-state index contributed by atoms with van der Waals surface area (Å²) >= 11 is 1.54. The van der Waals surface area contributed by atoms with Crippen LogP contribution in [0, 0.1) is 0 Å². The highest BCUT2D eigenvalue weighted by Gasteiger charge is 2.23. The second-order valence-corrected chi connectivity index (χ2v) is 6.84. The fourth-order valence-corrected chi connectivity index (χ4v) is 3.47. The second kappa shape index (κ2) is 8.13. The van der Waals surface area contributed by atoms with E-state index in [1.165, 1.54) is 11.3 Å². The standard InChI is InChI=1S/C19H19N5O2S/c25-18(23-7-9-24(10-8-23)19-20-5-2-6-21-19)15-3-1-4-17(11-15)26-12-16-13-27-14-22-16/h1-6,11,13-14H,7-10,12H2. The predicted octanol–water partition coefficient (Wildman–Crippen LogP) is 2.47. The Balaban J connectivity index is 1.36. The van der Waals surface area contributed by atoms with Gasteiger partial charge in [0.25, 0.3) is 5.91 Å². The summed E-state index contributed by atoms with van der Waals surface area (Å²) in [5.74, 6) is 1.40. The molecule has 3 heterocycles. The molecule has 4 rings (SSSR count). The number of piperazine rings is 1. The van der Waals surface area contributed by atoms with Crippen LogP contribution in [0.25, 0.3) is 0 Å². The molecule has 27 heavy (non-hydrogen) atoms. The van der Waals surface area contributed by atoms with Crippen LogP contribution in [0.1, 0.15) is 16.1 Å². The first-order chi connectivity index (χ1) is 13.3. The van der Waals surface area contributed by atoms with Crippen molar-refractivity contribution in [2.24, 2.45) is 0 Å². The van der Waals surface area contributed by atoms with E-state index in [1.807, 2.05) is 28.5 Å². The lowest BCUT2D eigenvalue weighted by atomic mass is 10.1. The summed E-state index contributed by atoms with van der Waals surface area (Å²) in [4.78, 5) is 29.5. The zero-order valence-electron chi connectivity index (χ0n) is 14.7.